The summed E-state index contributed by atoms with van der Waals surface area (Å²) in [6.07, 6.45) is 1.03. The summed E-state index contributed by atoms with van der Waals surface area (Å²) < 4.78 is 11.7. The van der Waals surface area contributed by atoms with Crippen molar-refractivity contribution in [1.29, 1.82) is 0 Å². The summed E-state index contributed by atoms with van der Waals surface area (Å²) in [6.45, 7) is 2.74. The predicted octanol–water partition coefficient (Wildman–Crippen LogP) is 5.65. The van der Waals surface area contributed by atoms with Crippen LogP contribution < -0.4 is 20.1 Å². The molecule has 30 heavy (non-hydrogen) atoms. The number of aryl methyl sites for hydroxylation is 1. The number of benzene rings is 3. The van der Waals surface area contributed by atoms with E-state index in [4.69, 9.17) is 9.47 Å². The highest BCUT2D eigenvalue weighted by Crippen LogP contribution is 2.27. The Morgan fingerprint density at radius 1 is 0.967 bits per heavy atom. The Morgan fingerprint density at radius 2 is 1.70 bits per heavy atom. The third-order valence-corrected chi connectivity index (χ3v) is 5.21. The van der Waals surface area contributed by atoms with Crippen LogP contribution in [-0.4, -0.2) is 19.6 Å². The summed E-state index contributed by atoms with van der Waals surface area (Å²) in [5.41, 5.74) is 4.12. The molecule has 0 heterocycles. The van der Waals surface area contributed by atoms with Crippen molar-refractivity contribution in [3.63, 3.8) is 0 Å². The topological polar surface area (TPSA) is 59.6 Å². The van der Waals surface area contributed by atoms with Gasteiger partial charge in [-0.2, -0.15) is 0 Å². The minimum absolute atomic E-state index is 0.0992. The van der Waals surface area contributed by atoms with Crippen LogP contribution in [0.5, 0.6) is 11.5 Å². The van der Waals surface area contributed by atoms with Crippen LogP contribution in [0.15, 0.2) is 71.2 Å². The first-order valence-electron chi connectivity index (χ1n) is 9.76. The fraction of sp³-hybridized carbons (Fsp3) is 0.208. The smallest absolute Gasteiger partial charge is 0.262 e. The Balaban J connectivity index is 1.52. The van der Waals surface area contributed by atoms with Gasteiger partial charge in [-0.05, 0) is 69.9 Å². The second kappa shape index (κ2) is 10.7. The number of anilines is 2. The van der Waals surface area contributed by atoms with Crippen LogP contribution in [0.1, 0.15) is 18.1 Å². The lowest BCUT2D eigenvalue weighted by atomic mass is 10.1. The van der Waals surface area contributed by atoms with E-state index in [9.17, 15) is 4.79 Å². The van der Waals surface area contributed by atoms with Crippen LogP contribution in [-0.2, 0) is 17.8 Å². The number of rotatable bonds is 9. The second-order valence-corrected chi connectivity index (χ2v) is 7.56. The van der Waals surface area contributed by atoms with E-state index in [0.717, 1.165) is 22.1 Å². The van der Waals surface area contributed by atoms with E-state index in [0.29, 0.717) is 23.7 Å². The standard InChI is InChI=1S/C24H25BrN2O3/c1-3-17-8-11-19(12-9-17)26-15-18-10-13-22(20(25)14-18)30-16-24(28)27-21-6-4-5-7-23(21)29-2/h4-14,26H,3,15-16H2,1-2H3,(H,27,28). The molecule has 6 heteroatoms. The monoisotopic (exact) mass is 468 g/mol. The Morgan fingerprint density at radius 3 is 2.40 bits per heavy atom. The summed E-state index contributed by atoms with van der Waals surface area (Å²) in [4.78, 5) is 12.2. The molecule has 0 aliphatic carbocycles. The lowest BCUT2D eigenvalue weighted by Crippen LogP contribution is -2.20. The predicted molar refractivity (Wildman–Crippen MR) is 124 cm³/mol. The summed E-state index contributed by atoms with van der Waals surface area (Å²) in [5.74, 6) is 0.960. The first-order valence-corrected chi connectivity index (χ1v) is 10.5. The molecule has 0 bridgehead atoms. The van der Waals surface area contributed by atoms with E-state index in [-0.39, 0.29) is 12.5 Å². The Kier molecular flexibility index (Phi) is 7.74. The van der Waals surface area contributed by atoms with Gasteiger partial charge in [-0.15, -0.1) is 0 Å². The molecule has 0 spiro atoms. The average molecular weight is 469 g/mol. The summed E-state index contributed by atoms with van der Waals surface area (Å²) >= 11 is 3.53. The number of carbonyl (C=O) groups is 1. The Hall–Kier alpha value is -2.99. The van der Waals surface area contributed by atoms with Gasteiger partial charge in [-0.1, -0.05) is 37.3 Å². The van der Waals surface area contributed by atoms with Gasteiger partial charge in [0, 0.05) is 12.2 Å². The maximum Gasteiger partial charge on any atom is 0.262 e. The Labute approximate surface area is 185 Å². The first kappa shape index (κ1) is 21.7. The minimum atomic E-state index is -0.257. The highest BCUT2D eigenvalue weighted by Gasteiger charge is 2.09. The molecule has 2 N–H and O–H groups in total. The van der Waals surface area contributed by atoms with Gasteiger partial charge in [-0.3, -0.25) is 4.79 Å². The molecule has 0 aromatic heterocycles. The van der Waals surface area contributed by atoms with Crippen LogP contribution >= 0.6 is 15.9 Å². The van der Waals surface area contributed by atoms with Crippen LogP contribution in [0.3, 0.4) is 0 Å². The third kappa shape index (κ3) is 6.00. The fourth-order valence-corrected chi connectivity index (χ4v) is 3.45. The van der Waals surface area contributed by atoms with Crippen molar-refractivity contribution in [2.45, 2.75) is 19.9 Å². The molecule has 0 atom stereocenters. The molecule has 0 saturated carbocycles. The molecule has 1 amide bonds. The SMILES string of the molecule is CCc1ccc(NCc2ccc(OCC(=O)Nc3ccccc3OC)c(Br)c2)cc1. The summed E-state index contributed by atoms with van der Waals surface area (Å²) in [7, 11) is 1.56. The molecule has 0 saturated heterocycles. The molecule has 3 aromatic rings. The maximum absolute atomic E-state index is 12.2. The largest absolute Gasteiger partial charge is 0.495 e. The highest BCUT2D eigenvalue weighted by molar-refractivity contribution is 9.10. The summed E-state index contributed by atoms with van der Waals surface area (Å²) in [6, 6.07) is 21.5. The summed E-state index contributed by atoms with van der Waals surface area (Å²) in [5, 5.41) is 6.20. The number of hydrogen-bond donors (Lipinski definition) is 2. The highest BCUT2D eigenvalue weighted by atomic mass is 79.9. The number of nitrogens with one attached hydrogen (secondary N) is 2. The van der Waals surface area contributed by atoms with Crippen LogP contribution in [0, 0.1) is 0 Å². The van der Waals surface area contributed by atoms with Crippen molar-refractivity contribution >= 4 is 33.2 Å². The van der Waals surface area contributed by atoms with Gasteiger partial charge >= 0.3 is 0 Å². The minimum Gasteiger partial charge on any atom is -0.495 e. The number of para-hydroxylation sites is 2. The van der Waals surface area contributed by atoms with Crippen molar-refractivity contribution < 1.29 is 14.3 Å². The van der Waals surface area contributed by atoms with Gasteiger partial charge in [0.05, 0.1) is 17.3 Å². The number of hydrogen-bond acceptors (Lipinski definition) is 4. The molecule has 0 aliphatic heterocycles. The van der Waals surface area contributed by atoms with Gasteiger partial charge in [0.1, 0.15) is 11.5 Å². The van der Waals surface area contributed by atoms with Crippen LogP contribution in [0.4, 0.5) is 11.4 Å². The van der Waals surface area contributed by atoms with E-state index in [1.165, 1.54) is 5.56 Å². The van der Waals surface area contributed by atoms with Gasteiger partial charge < -0.3 is 20.1 Å². The van der Waals surface area contributed by atoms with Crippen LogP contribution in [0.25, 0.3) is 0 Å². The maximum atomic E-state index is 12.2. The third-order valence-electron chi connectivity index (χ3n) is 4.59. The zero-order valence-electron chi connectivity index (χ0n) is 17.1. The number of amides is 1. The molecule has 3 aromatic carbocycles. The van der Waals surface area contributed by atoms with Gasteiger partial charge in [0.15, 0.2) is 6.61 Å². The van der Waals surface area contributed by atoms with E-state index in [1.54, 1.807) is 19.2 Å². The van der Waals surface area contributed by atoms with Crippen molar-refractivity contribution in [3.8, 4) is 11.5 Å². The van der Waals surface area contributed by atoms with E-state index >= 15 is 0 Å². The van der Waals surface area contributed by atoms with Crippen LogP contribution in [0.2, 0.25) is 0 Å². The Bertz CT molecular complexity index is 990. The molecule has 5 nitrogen and oxygen atoms in total. The fourth-order valence-electron chi connectivity index (χ4n) is 2.91. The molecule has 0 fully saturated rings. The zero-order valence-corrected chi connectivity index (χ0v) is 18.7. The van der Waals surface area contributed by atoms with E-state index in [2.05, 4.69) is 57.8 Å². The molecular weight excluding hydrogens is 444 g/mol. The number of carbonyl (C=O) groups excluding carboxylic acids is 1. The molecule has 0 aliphatic rings. The van der Waals surface area contributed by atoms with Crippen molar-refractivity contribution in [2.24, 2.45) is 0 Å². The molecule has 3 rings (SSSR count). The lowest BCUT2D eigenvalue weighted by molar-refractivity contribution is -0.118. The lowest BCUT2D eigenvalue weighted by Gasteiger charge is -2.12. The quantitative estimate of drug-likeness (QED) is 0.425. The zero-order chi connectivity index (χ0) is 21.3. The van der Waals surface area contributed by atoms with Crippen molar-refractivity contribution in [3.05, 3.63) is 82.3 Å². The average Bonchev–Trinajstić information content (AvgIpc) is 2.77. The molecular formula is C24H25BrN2O3. The van der Waals surface area contributed by atoms with Gasteiger partial charge in [0.2, 0.25) is 0 Å². The molecule has 156 valence electrons. The number of halogens is 1. The van der Waals surface area contributed by atoms with Crippen molar-refractivity contribution in [2.75, 3.05) is 24.4 Å². The normalized spacial score (nSPS) is 10.4. The van der Waals surface area contributed by atoms with Gasteiger partial charge in [0.25, 0.3) is 5.91 Å². The van der Waals surface area contributed by atoms with E-state index < -0.39 is 0 Å². The number of methoxy groups -OCH3 is 1. The first-order chi connectivity index (χ1) is 14.6. The second-order valence-electron chi connectivity index (χ2n) is 6.71. The van der Waals surface area contributed by atoms with Crippen molar-refractivity contribution in [1.82, 2.24) is 0 Å². The molecule has 0 unspecified atom stereocenters. The van der Waals surface area contributed by atoms with Gasteiger partial charge in [-0.25, -0.2) is 0 Å². The van der Waals surface area contributed by atoms with E-state index in [1.807, 2.05) is 30.3 Å². The molecule has 0 radical (unpaired) electrons. The number of ether oxygens (including phenoxy) is 2.